The highest BCUT2D eigenvalue weighted by atomic mass is 15.3. The molecular formula is C10H7N5. The van der Waals surface area contributed by atoms with Crippen LogP contribution in [0.25, 0.3) is 0 Å². The van der Waals surface area contributed by atoms with Gasteiger partial charge in [-0.15, -0.1) is 0 Å². The zero-order valence-corrected chi connectivity index (χ0v) is 7.78. The number of hydrogen-bond donors (Lipinski definition) is 0. The lowest BCUT2D eigenvalue weighted by Crippen LogP contribution is -2.12. The summed E-state index contributed by atoms with van der Waals surface area (Å²) in [6.07, 6.45) is 4.73. The Bertz CT molecular complexity index is 423. The second-order valence-corrected chi connectivity index (χ2v) is 2.71. The fourth-order valence-electron chi connectivity index (χ4n) is 1.14. The molecule has 0 saturated carbocycles. The quantitative estimate of drug-likeness (QED) is 0.539. The highest BCUT2D eigenvalue weighted by molar-refractivity contribution is 5.60. The molecule has 0 N–H and O–H groups in total. The van der Waals surface area contributed by atoms with E-state index in [1.54, 1.807) is 0 Å². The van der Waals surface area contributed by atoms with E-state index in [1.165, 1.54) is 17.6 Å². The van der Waals surface area contributed by atoms with Gasteiger partial charge in [0.15, 0.2) is 6.19 Å². The van der Waals surface area contributed by atoms with Crippen molar-refractivity contribution >= 4 is 11.6 Å². The van der Waals surface area contributed by atoms with Gasteiger partial charge in [-0.3, -0.25) is 0 Å². The lowest BCUT2D eigenvalue weighted by atomic mass is 10.3. The molecule has 1 heterocycles. The second-order valence-electron chi connectivity index (χ2n) is 2.71. The Labute approximate surface area is 86.7 Å². The van der Waals surface area contributed by atoms with E-state index in [9.17, 15) is 0 Å². The zero-order valence-electron chi connectivity index (χ0n) is 7.78. The minimum Gasteiger partial charge on any atom is -0.225 e. The summed E-state index contributed by atoms with van der Waals surface area (Å²) >= 11 is 0. The van der Waals surface area contributed by atoms with Crippen molar-refractivity contribution in [1.29, 1.82) is 5.26 Å². The average molecular weight is 197 g/mol. The van der Waals surface area contributed by atoms with Crippen molar-refractivity contribution in [3.63, 3.8) is 0 Å². The number of para-hydroxylation sites is 1. The van der Waals surface area contributed by atoms with E-state index < -0.39 is 0 Å². The molecule has 0 radical (unpaired) electrons. The topological polar surface area (TPSA) is 65.7 Å². The molecule has 0 aliphatic heterocycles. The summed E-state index contributed by atoms with van der Waals surface area (Å²) in [6.45, 7) is 0. The molecule has 2 aromatic rings. The second kappa shape index (κ2) is 4.15. The number of hydrogen-bond acceptors (Lipinski definition) is 5. The summed E-state index contributed by atoms with van der Waals surface area (Å²) in [6, 6.07) is 9.20. The molecule has 0 saturated heterocycles. The van der Waals surface area contributed by atoms with Crippen LogP contribution in [0.1, 0.15) is 0 Å². The van der Waals surface area contributed by atoms with E-state index in [2.05, 4.69) is 15.0 Å². The van der Waals surface area contributed by atoms with Gasteiger partial charge >= 0.3 is 0 Å². The van der Waals surface area contributed by atoms with Gasteiger partial charge in [0.25, 0.3) is 0 Å². The van der Waals surface area contributed by atoms with E-state index in [0.29, 0.717) is 5.95 Å². The van der Waals surface area contributed by atoms with Gasteiger partial charge in [0.1, 0.15) is 12.7 Å². The molecule has 5 heteroatoms. The molecule has 0 unspecified atom stereocenters. The van der Waals surface area contributed by atoms with Gasteiger partial charge in [0.2, 0.25) is 5.95 Å². The number of benzene rings is 1. The Hall–Kier alpha value is -2.48. The molecule has 0 aliphatic rings. The van der Waals surface area contributed by atoms with Gasteiger partial charge in [-0.05, 0) is 12.1 Å². The Balaban J connectivity index is 2.39. The third-order valence-corrected chi connectivity index (χ3v) is 1.79. The van der Waals surface area contributed by atoms with Gasteiger partial charge in [-0.1, -0.05) is 18.2 Å². The molecule has 1 aromatic heterocycles. The van der Waals surface area contributed by atoms with Gasteiger partial charge in [-0.25, -0.2) is 19.9 Å². The fourth-order valence-corrected chi connectivity index (χ4v) is 1.14. The van der Waals surface area contributed by atoms with Crippen LogP contribution in [0, 0.1) is 11.5 Å². The maximum atomic E-state index is 9.01. The largest absolute Gasteiger partial charge is 0.246 e. The Morgan fingerprint density at radius 2 is 1.73 bits per heavy atom. The van der Waals surface area contributed by atoms with Crippen molar-refractivity contribution in [3.05, 3.63) is 43.0 Å². The Morgan fingerprint density at radius 3 is 2.33 bits per heavy atom. The van der Waals surface area contributed by atoms with Crippen LogP contribution in [-0.2, 0) is 0 Å². The minimum absolute atomic E-state index is 0.318. The van der Waals surface area contributed by atoms with Crippen LogP contribution >= 0.6 is 0 Å². The van der Waals surface area contributed by atoms with E-state index in [1.807, 2.05) is 36.5 Å². The van der Waals surface area contributed by atoms with Crippen molar-refractivity contribution < 1.29 is 0 Å². The molecule has 0 spiro atoms. The smallest absolute Gasteiger partial charge is 0.225 e. The molecule has 72 valence electrons. The summed E-state index contributed by atoms with van der Waals surface area (Å²) in [5, 5.41) is 9.01. The Morgan fingerprint density at radius 1 is 1.07 bits per heavy atom. The van der Waals surface area contributed by atoms with Gasteiger partial charge in [-0.2, -0.15) is 5.26 Å². The molecular weight excluding hydrogens is 190 g/mol. The summed E-state index contributed by atoms with van der Waals surface area (Å²) in [5.41, 5.74) is 0.728. The van der Waals surface area contributed by atoms with E-state index in [4.69, 9.17) is 5.26 Å². The normalized spacial score (nSPS) is 9.27. The number of aromatic nitrogens is 3. The van der Waals surface area contributed by atoms with Gasteiger partial charge < -0.3 is 0 Å². The van der Waals surface area contributed by atoms with Crippen LogP contribution in [0.4, 0.5) is 11.6 Å². The standard InChI is InChI=1S/C10H7N5/c11-6-15(9-4-2-1-3-5-9)10-13-7-12-8-14-10/h1-5,7-8H. The summed E-state index contributed by atoms with van der Waals surface area (Å²) < 4.78 is 0. The summed E-state index contributed by atoms with van der Waals surface area (Å²) in [4.78, 5) is 12.8. The number of nitriles is 1. The number of rotatable bonds is 2. The van der Waals surface area contributed by atoms with Crippen LogP contribution in [0.2, 0.25) is 0 Å². The third-order valence-electron chi connectivity index (χ3n) is 1.79. The highest BCUT2D eigenvalue weighted by Gasteiger charge is 2.09. The lowest BCUT2D eigenvalue weighted by Gasteiger charge is -2.11. The first-order chi connectivity index (χ1) is 7.42. The molecule has 0 amide bonds. The van der Waals surface area contributed by atoms with Crippen LogP contribution in [0.5, 0.6) is 0 Å². The maximum Gasteiger partial charge on any atom is 0.246 e. The highest BCUT2D eigenvalue weighted by Crippen LogP contribution is 2.18. The van der Waals surface area contributed by atoms with Crippen molar-refractivity contribution in [1.82, 2.24) is 15.0 Å². The van der Waals surface area contributed by atoms with Crippen molar-refractivity contribution in [3.8, 4) is 6.19 Å². The maximum absolute atomic E-state index is 9.01. The SMILES string of the molecule is N#CN(c1ccccc1)c1ncncn1. The van der Waals surface area contributed by atoms with Crippen LogP contribution in [0.3, 0.4) is 0 Å². The summed E-state index contributed by atoms with van der Waals surface area (Å²) in [7, 11) is 0. The first-order valence-corrected chi connectivity index (χ1v) is 4.29. The van der Waals surface area contributed by atoms with Crippen molar-refractivity contribution in [2.75, 3.05) is 4.90 Å². The molecule has 1 aromatic carbocycles. The fraction of sp³-hybridized carbons (Fsp3) is 0. The first kappa shape index (κ1) is 9.09. The number of nitrogens with zero attached hydrogens (tertiary/aromatic N) is 5. The van der Waals surface area contributed by atoms with E-state index in [0.717, 1.165) is 5.69 Å². The molecule has 0 aliphatic carbocycles. The van der Waals surface area contributed by atoms with Gasteiger partial charge in [0, 0.05) is 0 Å². The number of anilines is 2. The monoisotopic (exact) mass is 197 g/mol. The van der Waals surface area contributed by atoms with Crippen LogP contribution in [-0.4, -0.2) is 15.0 Å². The molecule has 0 bridgehead atoms. The molecule has 15 heavy (non-hydrogen) atoms. The molecule has 0 atom stereocenters. The summed E-state index contributed by atoms with van der Waals surface area (Å²) in [5.74, 6) is 0.318. The van der Waals surface area contributed by atoms with Crippen molar-refractivity contribution in [2.24, 2.45) is 0 Å². The van der Waals surface area contributed by atoms with Crippen molar-refractivity contribution in [2.45, 2.75) is 0 Å². The van der Waals surface area contributed by atoms with E-state index in [-0.39, 0.29) is 0 Å². The zero-order chi connectivity index (χ0) is 10.5. The first-order valence-electron chi connectivity index (χ1n) is 4.29. The molecule has 0 fully saturated rings. The van der Waals surface area contributed by atoms with Crippen LogP contribution < -0.4 is 4.90 Å². The average Bonchev–Trinajstić information content (AvgIpc) is 2.33. The molecule has 5 nitrogen and oxygen atoms in total. The van der Waals surface area contributed by atoms with Gasteiger partial charge in [0.05, 0.1) is 5.69 Å². The predicted octanol–water partition coefficient (Wildman–Crippen LogP) is 1.49. The van der Waals surface area contributed by atoms with Crippen LogP contribution in [0.15, 0.2) is 43.0 Å². The predicted molar refractivity (Wildman–Crippen MR) is 54.0 cm³/mol. The molecule has 2 rings (SSSR count). The lowest BCUT2D eigenvalue weighted by molar-refractivity contribution is 1.01. The van der Waals surface area contributed by atoms with E-state index >= 15 is 0 Å². The minimum atomic E-state index is 0.318. The third kappa shape index (κ3) is 1.89. The Kier molecular flexibility index (Phi) is 2.52.